The van der Waals surface area contributed by atoms with Gasteiger partial charge in [0, 0.05) is 5.02 Å². The molecule has 0 spiro atoms. The molecule has 0 heterocycles. The number of nitrogens with one attached hydrogen (secondary N) is 2. The summed E-state index contributed by atoms with van der Waals surface area (Å²) in [4.78, 5) is 24.0. The average Bonchev–Trinajstić information content (AvgIpc) is 2.68. The maximum absolute atomic E-state index is 12.1. The molecule has 6 nitrogen and oxygen atoms in total. The summed E-state index contributed by atoms with van der Waals surface area (Å²) in [5.41, 5.74) is 7.57. The van der Waals surface area contributed by atoms with E-state index in [1.807, 2.05) is 38.1 Å². The van der Waals surface area contributed by atoms with Crippen LogP contribution in [-0.4, -0.2) is 24.5 Å². The van der Waals surface area contributed by atoms with Crippen LogP contribution in [0.1, 0.15) is 43.4 Å². The first-order valence-electron chi connectivity index (χ1n) is 9.42. The van der Waals surface area contributed by atoms with E-state index in [0.29, 0.717) is 22.4 Å². The minimum Gasteiger partial charge on any atom is -0.484 e. The molecule has 0 saturated heterocycles. The van der Waals surface area contributed by atoms with Crippen LogP contribution in [0, 0.1) is 13.8 Å². The minimum absolute atomic E-state index is 0.243. The van der Waals surface area contributed by atoms with Crippen LogP contribution < -0.4 is 20.3 Å². The molecule has 0 fully saturated rings. The van der Waals surface area contributed by atoms with Crippen molar-refractivity contribution in [1.82, 2.24) is 10.9 Å². The van der Waals surface area contributed by atoms with Gasteiger partial charge in [0.25, 0.3) is 11.8 Å². The van der Waals surface area contributed by atoms with Gasteiger partial charge >= 0.3 is 0 Å². The molecule has 2 aromatic carbocycles. The van der Waals surface area contributed by atoms with E-state index in [2.05, 4.69) is 24.7 Å². The van der Waals surface area contributed by atoms with E-state index in [1.54, 1.807) is 19.1 Å². The Morgan fingerprint density at radius 2 is 1.55 bits per heavy atom. The van der Waals surface area contributed by atoms with Crippen molar-refractivity contribution in [2.45, 2.75) is 46.6 Å². The molecule has 2 amide bonds. The number of ether oxygens (including phenoxy) is 2. The van der Waals surface area contributed by atoms with E-state index in [0.717, 1.165) is 11.1 Å². The van der Waals surface area contributed by atoms with Gasteiger partial charge in [0.05, 0.1) is 0 Å². The molecule has 0 radical (unpaired) electrons. The number of carbonyl (C=O) groups is 2. The molecule has 0 aliphatic heterocycles. The quantitative estimate of drug-likeness (QED) is 0.664. The summed E-state index contributed by atoms with van der Waals surface area (Å²) in [5, 5.41) is 0.668. The highest BCUT2D eigenvalue weighted by Crippen LogP contribution is 2.25. The first kappa shape index (κ1) is 22.6. The molecule has 0 aliphatic rings. The third-order valence-corrected chi connectivity index (χ3v) is 4.93. The standard InChI is InChI=1S/C22H27ClN2O4/c1-13(2)17-6-8-18(9-7-17)29-16(5)22(27)25-24-20(26)12-28-19-10-14(3)21(23)15(4)11-19/h6-11,13,16H,12H2,1-5H3,(H,24,26)(H,25,27). The van der Waals surface area contributed by atoms with Crippen LogP contribution >= 0.6 is 11.6 Å². The number of hydrogen-bond acceptors (Lipinski definition) is 4. The highest BCUT2D eigenvalue weighted by atomic mass is 35.5. The maximum atomic E-state index is 12.1. The predicted molar refractivity (Wildman–Crippen MR) is 113 cm³/mol. The molecule has 2 aromatic rings. The zero-order valence-electron chi connectivity index (χ0n) is 17.3. The van der Waals surface area contributed by atoms with Gasteiger partial charge in [-0.25, -0.2) is 0 Å². The Hall–Kier alpha value is -2.73. The first-order valence-corrected chi connectivity index (χ1v) is 9.80. The Morgan fingerprint density at radius 1 is 0.966 bits per heavy atom. The number of carbonyl (C=O) groups excluding carboxylic acids is 2. The van der Waals surface area contributed by atoms with Gasteiger partial charge in [0.2, 0.25) is 0 Å². The van der Waals surface area contributed by atoms with Crippen molar-refractivity contribution in [3.05, 3.63) is 58.1 Å². The topological polar surface area (TPSA) is 76.7 Å². The lowest BCUT2D eigenvalue weighted by atomic mass is 10.0. The first-order chi connectivity index (χ1) is 13.7. The number of hydrogen-bond donors (Lipinski definition) is 2. The number of benzene rings is 2. The molecular formula is C22H27ClN2O4. The van der Waals surface area contributed by atoms with Gasteiger partial charge in [-0.15, -0.1) is 0 Å². The van der Waals surface area contributed by atoms with Crippen molar-refractivity contribution in [1.29, 1.82) is 0 Å². The molecule has 0 aliphatic carbocycles. The zero-order valence-corrected chi connectivity index (χ0v) is 18.1. The average molecular weight is 419 g/mol. The fourth-order valence-electron chi connectivity index (χ4n) is 2.60. The van der Waals surface area contributed by atoms with Crippen molar-refractivity contribution in [2.24, 2.45) is 0 Å². The number of rotatable bonds is 7. The molecule has 29 heavy (non-hydrogen) atoms. The number of halogens is 1. The second kappa shape index (κ2) is 10.2. The van der Waals surface area contributed by atoms with Crippen LogP contribution in [0.5, 0.6) is 11.5 Å². The van der Waals surface area contributed by atoms with Crippen LogP contribution in [0.25, 0.3) is 0 Å². The molecule has 2 N–H and O–H groups in total. The molecule has 1 unspecified atom stereocenters. The van der Waals surface area contributed by atoms with Crippen LogP contribution in [0.2, 0.25) is 5.02 Å². The van der Waals surface area contributed by atoms with Crippen LogP contribution in [0.4, 0.5) is 0 Å². The molecule has 2 rings (SSSR count). The number of aryl methyl sites for hydroxylation is 2. The summed E-state index contributed by atoms with van der Waals surface area (Å²) in [5.74, 6) is 0.581. The van der Waals surface area contributed by atoms with Crippen LogP contribution in [-0.2, 0) is 9.59 Å². The van der Waals surface area contributed by atoms with Gasteiger partial charge in [-0.2, -0.15) is 0 Å². The Bertz CT molecular complexity index is 843. The SMILES string of the molecule is Cc1cc(OCC(=O)NNC(=O)C(C)Oc2ccc(C(C)C)cc2)cc(C)c1Cl. The van der Waals surface area contributed by atoms with E-state index >= 15 is 0 Å². The fourth-order valence-corrected chi connectivity index (χ4v) is 2.71. The van der Waals surface area contributed by atoms with E-state index < -0.39 is 17.9 Å². The van der Waals surface area contributed by atoms with Gasteiger partial charge in [-0.1, -0.05) is 37.6 Å². The third-order valence-electron chi connectivity index (χ3n) is 4.33. The number of hydrazine groups is 1. The van der Waals surface area contributed by atoms with E-state index in [4.69, 9.17) is 21.1 Å². The van der Waals surface area contributed by atoms with Crippen molar-refractivity contribution in [3.63, 3.8) is 0 Å². The number of amides is 2. The van der Waals surface area contributed by atoms with E-state index in [-0.39, 0.29) is 6.61 Å². The molecule has 7 heteroatoms. The van der Waals surface area contributed by atoms with Crippen molar-refractivity contribution >= 4 is 23.4 Å². The summed E-state index contributed by atoms with van der Waals surface area (Å²) >= 11 is 6.11. The summed E-state index contributed by atoms with van der Waals surface area (Å²) in [7, 11) is 0. The zero-order chi connectivity index (χ0) is 21.6. The Labute approximate surface area is 176 Å². The van der Waals surface area contributed by atoms with Crippen molar-refractivity contribution < 1.29 is 19.1 Å². The van der Waals surface area contributed by atoms with Gasteiger partial charge in [-0.05, 0) is 67.6 Å². The molecule has 1 atom stereocenters. The lowest BCUT2D eigenvalue weighted by Crippen LogP contribution is -2.48. The van der Waals surface area contributed by atoms with Gasteiger partial charge in [0.15, 0.2) is 12.7 Å². The second-order valence-corrected chi connectivity index (χ2v) is 7.56. The summed E-state index contributed by atoms with van der Waals surface area (Å²) in [6, 6.07) is 11.1. The monoisotopic (exact) mass is 418 g/mol. The highest BCUT2D eigenvalue weighted by molar-refractivity contribution is 6.32. The van der Waals surface area contributed by atoms with Crippen molar-refractivity contribution in [2.75, 3.05) is 6.61 Å². The summed E-state index contributed by atoms with van der Waals surface area (Å²) < 4.78 is 11.1. The maximum Gasteiger partial charge on any atom is 0.279 e. The fraction of sp³-hybridized carbons (Fsp3) is 0.364. The molecule has 156 valence electrons. The predicted octanol–water partition coefficient (Wildman–Crippen LogP) is 4.07. The normalized spacial score (nSPS) is 11.7. The summed E-state index contributed by atoms with van der Waals surface area (Å²) in [6.07, 6.45) is -0.775. The molecule has 0 bridgehead atoms. The van der Waals surface area contributed by atoms with Gasteiger partial charge < -0.3 is 9.47 Å². The van der Waals surface area contributed by atoms with Gasteiger partial charge in [-0.3, -0.25) is 20.4 Å². The van der Waals surface area contributed by atoms with Gasteiger partial charge in [0.1, 0.15) is 11.5 Å². The van der Waals surface area contributed by atoms with Crippen LogP contribution in [0.3, 0.4) is 0 Å². The molecule has 0 saturated carbocycles. The van der Waals surface area contributed by atoms with E-state index in [1.165, 1.54) is 5.56 Å². The lowest BCUT2D eigenvalue weighted by molar-refractivity contribution is -0.133. The van der Waals surface area contributed by atoms with E-state index in [9.17, 15) is 9.59 Å². The largest absolute Gasteiger partial charge is 0.484 e. The highest BCUT2D eigenvalue weighted by Gasteiger charge is 2.16. The Kier molecular flexibility index (Phi) is 7.91. The molecular weight excluding hydrogens is 392 g/mol. The lowest BCUT2D eigenvalue weighted by Gasteiger charge is -2.16. The smallest absolute Gasteiger partial charge is 0.279 e. The second-order valence-electron chi connectivity index (χ2n) is 7.18. The third kappa shape index (κ3) is 6.68. The summed E-state index contributed by atoms with van der Waals surface area (Å²) in [6.45, 7) is 9.29. The van der Waals surface area contributed by atoms with Crippen LogP contribution in [0.15, 0.2) is 36.4 Å². The Balaban J connectivity index is 1.78. The molecule has 0 aromatic heterocycles. The van der Waals surface area contributed by atoms with Crippen molar-refractivity contribution in [3.8, 4) is 11.5 Å². The minimum atomic E-state index is -0.775. The Morgan fingerprint density at radius 3 is 2.10 bits per heavy atom.